The van der Waals surface area contributed by atoms with E-state index in [0.717, 1.165) is 0 Å². The second-order valence-corrected chi connectivity index (χ2v) is 7.97. The van der Waals surface area contributed by atoms with Crippen molar-refractivity contribution in [3.05, 3.63) is 59.2 Å². The zero-order valence-corrected chi connectivity index (χ0v) is 16.0. The number of nitrogens with zero attached hydrogens (tertiary/aromatic N) is 1. The van der Waals surface area contributed by atoms with Gasteiger partial charge in [0.2, 0.25) is 10.0 Å². The van der Waals surface area contributed by atoms with Crippen LogP contribution in [0.2, 0.25) is 0 Å². The minimum atomic E-state index is -3.76. The number of benzene rings is 2. The van der Waals surface area contributed by atoms with E-state index in [1.165, 1.54) is 56.6 Å². The first-order valence-corrected chi connectivity index (χ1v) is 9.36. The molecule has 2 aromatic rings. The lowest BCUT2D eigenvalue weighted by molar-refractivity contribution is 0.100. The Morgan fingerprint density at radius 2 is 1.50 bits per heavy atom. The van der Waals surface area contributed by atoms with Gasteiger partial charge in [0.1, 0.15) is 5.75 Å². The van der Waals surface area contributed by atoms with E-state index < -0.39 is 10.0 Å². The number of ketones is 2. The van der Waals surface area contributed by atoms with Crippen LogP contribution in [0.5, 0.6) is 5.75 Å². The van der Waals surface area contributed by atoms with Gasteiger partial charge in [0, 0.05) is 30.3 Å². The molecule has 0 spiro atoms. The van der Waals surface area contributed by atoms with Crippen LogP contribution in [-0.2, 0) is 16.6 Å². The summed E-state index contributed by atoms with van der Waals surface area (Å²) in [6.45, 7) is 2.91. The van der Waals surface area contributed by atoms with Crippen LogP contribution in [0.3, 0.4) is 0 Å². The van der Waals surface area contributed by atoms with Gasteiger partial charge >= 0.3 is 0 Å². The summed E-state index contributed by atoms with van der Waals surface area (Å²) in [4.78, 5) is 23.0. The van der Waals surface area contributed by atoms with Crippen molar-refractivity contribution in [2.45, 2.75) is 25.3 Å². The van der Waals surface area contributed by atoms with Crippen LogP contribution in [0, 0.1) is 0 Å². The smallest absolute Gasteiger partial charge is 0.243 e. The number of rotatable bonds is 7. The predicted molar refractivity (Wildman–Crippen MR) is 98.1 cm³/mol. The Bertz CT molecular complexity index is 933. The summed E-state index contributed by atoms with van der Waals surface area (Å²) in [5.74, 6) is 0.260. The van der Waals surface area contributed by atoms with Gasteiger partial charge in [-0.25, -0.2) is 8.42 Å². The van der Waals surface area contributed by atoms with Gasteiger partial charge in [0.05, 0.1) is 12.0 Å². The van der Waals surface area contributed by atoms with E-state index in [1.807, 2.05) is 0 Å². The number of hydrogen-bond acceptors (Lipinski definition) is 5. The third-order valence-corrected chi connectivity index (χ3v) is 5.87. The van der Waals surface area contributed by atoms with Crippen LogP contribution in [0.4, 0.5) is 0 Å². The van der Waals surface area contributed by atoms with E-state index in [9.17, 15) is 18.0 Å². The number of carbonyl (C=O) groups excluding carboxylic acids is 2. The second kappa shape index (κ2) is 7.80. The van der Waals surface area contributed by atoms with Gasteiger partial charge in [0.15, 0.2) is 11.6 Å². The molecule has 2 rings (SSSR count). The fraction of sp³-hybridized carbons (Fsp3) is 0.263. The second-order valence-electron chi connectivity index (χ2n) is 5.92. The topological polar surface area (TPSA) is 80.8 Å². The van der Waals surface area contributed by atoms with E-state index in [-0.39, 0.29) is 23.0 Å². The zero-order chi connectivity index (χ0) is 19.5. The highest BCUT2D eigenvalue weighted by Crippen LogP contribution is 2.24. The van der Waals surface area contributed by atoms with Gasteiger partial charge in [0.25, 0.3) is 0 Å². The molecule has 0 aliphatic heterocycles. The van der Waals surface area contributed by atoms with Crippen molar-refractivity contribution in [2.24, 2.45) is 0 Å². The van der Waals surface area contributed by atoms with Crippen LogP contribution in [0.1, 0.15) is 40.1 Å². The Morgan fingerprint density at radius 1 is 0.962 bits per heavy atom. The summed E-state index contributed by atoms with van der Waals surface area (Å²) in [5, 5.41) is 0. The zero-order valence-electron chi connectivity index (χ0n) is 15.1. The normalized spacial score (nSPS) is 11.4. The highest BCUT2D eigenvalue weighted by molar-refractivity contribution is 7.89. The van der Waals surface area contributed by atoms with E-state index >= 15 is 0 Å². The molecule has 0 N–H and O–H groups in total. The molecule has 0 aromatic heterocycles. The van der Waals surface area contributed by atoms with Crippen LogP contribution in [-0.4, -0.2) is 38.4 Å². The number of Topliss-reactive ketones (excluding diaryl/α,β-unsaturated/α-hetero) is 2. The monoisotopic (exact) mass is 375 g/mol. The average molecular weight is 375 g/mol. The van der Waals surface area contributed by atoms with Crippen molar-refractivity contribution in [1.29, 1.82) is 0 Å². The largest absolute Gasteiger partial charge is 0.496 e. The Hall–Kier alpha value is -2.51. The molecule has 7 heteroatoms. The number of hydrogen-bond donors (Lipinski definition) is 0. The molecule has 0 aliphatic carbocycles. The molecule has 2 aromatic carbocycles. The van der Waals surface area contributed by atoms with Gasteiger partial charge in [-0.3, -0.25) is 9.59 Å². The number of ether oxygens (including phenoxy) is 1. The van der Waals surface area contributed by atoms with Crippen LogP contribution < -0.4 is 4.74 Å². The summed E-state index contributed by atoms with van der Waals surface area (Å²) in [7, 11) is -0.816. The summed E-state index contributed by atoms with van der Waals surface area (Å²) < 4.78 is 32.0. The molecule has 0 amide bonds. The highest BCUT2D eigenvalue weighted by Gasteiger charge is 2.22. The first-order valence-electron chi connectivity index (χ1n) is 7.92. The Balaban J connectivity index is 2.33. The predicted octanol–water partition coefficient (Wildman–Crippen LogP) is 2.92. The van der Waals surface area contributed by atoms with Gasteiger partial charge in [-0.05, 0) is 44.2 Å². The molecule has 0 saturated heterocycles. The van der Waals surface area contributed by atoms with Gasteiger partial charge in [-0.1, -0.05) is 12.1 Å². The van der Waals surface area contributed by atoms with Crippen molar-refractivity contribution < 1.29 is 22.7 Å². The molecule has 26 heavy (non-hydrogen) atoms. The van der Waals surface area contributed by atoms with Gasteiger partial charge in [-0.15, -0.1) is 0 Å². The van der Waals surface area contributed by atoms with Crippen molar-refractivity contribution in [2.75, 3.05) is 14.2 Å². The van der Waals surface area contributed by atoms with E-state index in [1.54, 1.807) is 18.2 Å². The SMILES string of the molecule is COc1ccc(C(C)=O)cc1CN(C)S(=O)(=O)c1ccc(C(C)=O)cc1. The first kappa shape index (κ1) is 19.8. The van der Waals surface area contributed by atoms with Gasteiger partial charge < -0.3 is 4.74 Å². The molecule has 0 fully saturated rings. The fourth-order valence-corrected chi connectivity index (χ4v) is 3.64. The summed E-state index contributed by atoms with van der Waals surface area (Å²) in [5.41, 5.74) is 1.52. The molecule has 6 nitrogen and oxygen atoms in total. The summed E-state index contributed by atoms with van der Waals surface area (Å²) in [6.07, 6.45) is 0. The number of methoxy groups -OCH3 is 1. The molecule has 0 radical (unpaired) electrons. The first-order chi connectivity index (χ1) is 12.2. The molecular weight excluding hydrogens is 354 g/mol. The molecule has 0 bridgehead atoms. The van der Waals surface area contributed by atoms with E-state index in [2.05, 4.69) is 0 Å². The van der Waals surface area contributed by atoms with Crippen molar-refractivity contribution in [3.8, 4) is 5.75 Å². The maximum absolute atomic E-state index is 12.8. The van der Waals surface area contributed by atoms with E-state index in [0.29, 0.717) is 22.4 Å². The highest BCUT2D eigenvalue weighted by atomic mass is 32.2. The van der Waals surface area contributed by atoms with E-state index in [4.69, 9.17) is 4.74 Å². The quantitative estimate of drug-likeness (QED) is 0.695. The lowest BCUT2D eigenvalue weighted by atomic mass is 10.1. The van der Waals surface area contributed by atoms with Crippen LogP contribution in [0.25, 0.3) is 0 Å². The Kier molecular flexibility index (Phi) is 5.94. The Labute approximate surface area is 153 Å². The van der Waals surface area contributed by atoms with Crippen LogP contribution in [0.15, 0.2) is 47.4 Å². The summed E-state index contributed by atoms with van der Waals surface area (Å²) in [6, 6.07) is 10.7. The van der Waals surface area contributed by atoms with Crippen LogP contribution >= 0.6 is 0 Å². The summed E-state index contributed by atoms with van der Waals surface area (Å²) >= 11 is 0. The number of sulfonamides is 1. The molecule has 0 unspecified atom stereocenters. The molecule has 138 valence electrons. The third kappa shape index (κ3) is 4.17. The minimum Gasteiger partial charge on any atom is -0.496 e. The van der Waals surface area contributed by atoms with Crippen molar-refractivity contribution in [3.63, 3.8) is 0 Å². The standard InChI is InChI=1S/C19H21NO5S/c1-13(21)15-5-8-18(9-6-15)26(23,24)20(3)12-17-11-16(14(2)22)7-10-19(17)25-4/h5-11H,12H2,1-4H3. The van der Waals surface area contributed by atoms with Gasteiger partial charge in [-0.2, -0.15) is 4.31 Å². The Morgan fingerprint density at radius 3 is 2.00 bits per heavy atom. The molecular formula is C19H21NO5S. The molecule has 0 atom stereocenters. The lowest BCUT2D eigenvalue weighted by Crippen LogP contribution is -2.26. The lowest BCUT2D eigenvalue weighted by Gasteiger charge is -2.19. The maximum atomic E-state index is 12.8. The average Bonchev–Trinajstić information content (AvgIpc) is 2.61. The fourth-order valence-electron chi connectivity index (χ4n) is 2.49. The number of carbonyl (C=O) groups is 2. The molecule has 0 heterocycles. The third-order valence-electron chi connectivity index (χ3n) is 4.05. The van der Waals surface area contributed by atoms with Crippen molar-refractivity contribution >= 4 is 21.6 Å². The van der Waals surface area contributed by atoms with Crippen molar-refractivity contribution in [1.82, 2.24) is 4.31 Å². The molecule has 0 saturated carbocycles. The molecule has 0 aliphatic rings. The maximum Gasteiger partial charge on any atom is 0.243 e. The minimum absolute atomic E-state index is 0.0427.